The van der Waals surface area contributed by atoms with Crippen molar-refractivity contribution in [3.63, 3.8) is 0 Å². The molecule has 1 saturated heterocycles. The maximum Gasteiger partial charge on any atom is 0.270 e. The van der Waals surface area contributed by atoms with Crippen LogP contribution in [0.15, 0.2) is 6.07 Å². The summed E-state index contributed by atoms with van der Waals surface area (Å²) in [5.41, 5.74) is 0.989. The summed E-state index contributed by atoms with van der Waals surface area (Å²) in [6, 6.07) is 1.49. The number of nitrogens with one attached hydrogen (secondary N) is 1. The molecule has 1 aromatic rings. The number of sulfone groups is 1. The number of amides is 1. The third-order valence-electron chi connectivity index (χ3n) is 3.68. The van der Waals surface area contributed by atoms with Crippen LogP contribution in [0.5, 0.6) is 0 Å². The van der Waals surface area contributed by atoms with Crippen LogP contribution in [0.2, 0.25) is 0 Å². The van der Waals surface area contributed by atoms with Gasteiger partial charge in [0.15, 0.2) is 9.84 Å². The minimum atomic E-state index is -2.97. The van der Waals surface area contributed by atoms with Crippen LogP contribution in [0.3, 0.4) is 0 Å². The van der Waals surface area contributed by atoms with Crippen LogP contribution in [-0.4, -0.2) is 55.4 Å². The molecule has 0 radical (unpaired) electrons. The smallest absolute Gasteiger partial charge is 0.270 e. The van der Waals surface area contributed by atoms with Gasteiger partial charge in [-0.1, -0.05) is 6.92 Å². The number of nitrogens with zero attached hydrogens (tertiary/aromatic N) is 3. The Balaban J connectivity index is 2.20. The van der Waals surface area contributed by atoms with Gasteiger partial charge in [-0.2, -0.15) is 0 Å². The molecule has 0 bridgehead atoms. The second-order valence-corrected chi connectivity index (χ2v) is 7.85. The van der Waals surface area contributed by atoms with Crippen molar-refractivity contribution in [3.8, 4) is 0 Å². The van der Waals surface area contributed by atoms with Gasteiger partial charge in [0, 0.05) is 25.3 Å². The number of aryl methyl sites for hydroxylation is 1. The Morgan fingerprint density at radius 2 is 2.18 bits per heavy atom. The van der Waals surface area contributed by atoms with Crippen molar-refractivity contribution in [1.82, 2.24) is 15.3 Å². The Morgan fingerprint density at radius 1 is 1.45 bits per heavy atom. The number of hydrogen-bond acceptors (Lipinski definition) is 6. The normalized spacial score (nSPS) is 19.9. The summed E-state index contributed by atoms with van der Waals surface area (Å²) < 4.78 is 23.2. The first-order valence-corrected chi connectivity index (χ1v) is 9.21. The van der Waals surface area contributed by atoms with Gasteiger partial charge < -0.3 is 10.2 Å². The molecule has 7 nitrogen and oxygen atoms in total. The van der Waals surface area contributed by atoms with Crippen molar-refractivity contribution in [1.29, 1.82) is 0 Å². The van der Waals surface area contributed by atoms with Crippen LogP contribution < -0.4 is 10.2 Å². The topological polar surface area (TPSA) is 92.3 Å². The van der Waals surface area contributed by atoms with Gasteiger partial charge in [0.2, 0.25) is 5.95 Å². The Morgan fingerprint density at radius 3 is 2.77 bits per heavy atom. The van der Waals surface area contributed by atoms with Crippen LogP contribution in [0.4, 0.5) is 5.95 Å². The zero-order chi connectivity index (χ0) is 16.3. The molecule has 1 aromatic heterocycles. The molecule has 0 aromatic carbocycles. The fraction of sp³-hybridized carbons (Fsp3) is 0.643. The summed E-state index contributed by atoms with van der Waals surface area (Å²) in [5.74, 6) is 0.459. The number of carbonyl (C=O) groups excluding carboxylic acids is 1. The molecule has 2 rings (SSSR count). The molecular weight excluding hydrogens is 304 g/mol. The van der Waals surface area contributed by atoms with Crippen molar-refractivity contribution < 1.29 is 13.2 Å². The molecule has 22 heavy (non-hydrogen) atoms. The van der Waals surface area contributed by atoms with Crippen molar-refractivity contribution in [2.24, 2.45) is 0 Å². The number of carbonyl (C=O) groups is 1. The van der Waals surface area contributed by atoms with E-state index in [0.717, 1.165) is 6.42 Å². The SMILES string of the molecule is CCCNC(=O)c1cc(C)nc(N(C)C2CCS(=O)(=O)C2)n1. The van der Waals surface area contributed by atoms with Crippen LogP contribution >= 0.6 is 0 Å². The van der Waals surface area contributed by atoms with Gasteiger partial charge in [0.05, 0.1) is 11.5 Å². The van der Waals surface area contributed by atoms with E-state index in [2.05, 4.69) is 15.3 Å². The standard InChI is InChI=1S/C14H22N4O3S/c1-4-6-15-13(19)12-8-10(2)16-14(17-12)18(3)11-5-7-22(20,21)9-11/h8,11H,4-7,9H2,1-3H3,(H,15,19). The van der Waals surface area contributed by atoms with Gasteiger partial charge in [-0.05, 0) is 25.8 Å². The predicted octanol–water partition coefficient (Wildman–Crippen LogP) is 0.548. The first-order chi connectivity index (χ1) is 10.3. The lowest BCUT2D eigenvalue weighted by molar-refractivity contribution is 0.0948. The molecule has 122 valence electrons. The summed E-state index contributed by atoms with van der Waals surface area (Å²) in [6.45, 7) is 4.36. The van der Waals surface area contributed by atoms with Gasteiger partial charge in [0.1, 0.15) is 5.69 Å². The molecule has 1 unspecified atom stereocenters. The Labute approximate surface area is 131 Å². The molecule has 0 saturated carbocycles. The van der Waals surface area contributed by atoms with Gasteiger partial charge in [-0.25, -0.2) is 18.4 Å². The lowest BCUT2D eigenvalue weighted by atomic mass is 10.2. The van der Waals surface area contributed by atoms with E-state index in [1.165, 1.54) is 0 Å². The Kier molecular flexibility index (Phi) is 5.00. The van der Waals surface area contributed by atoms with Crippen LogP contribution in [0, 0.1) is 6.92 Å². The second kappa shape index (κ2) is 6.60. The maximum absolute atomic E-state index is 12.0. The second-order valence-electron chi connectivity index (χ2n) is 5.62. The fourth-order valence-electron chi connectivity index (χ4n) is 2.40. The summed E-state index contributed by atoms with van der Waals surface area (Å²) in [7, 11) is -1.20. The van der Waals surface area contributed by atoms with Crippen LogP contribution in [0.25, 0.3) is 0 Å². The van der Waals surface area contributed by atoms with E-state index in [4.69, 9.17) is 0 Å². The Bertz CT molecular complexity index is 660. The lowest BCUT2D eigenvalue weighted by Crippen LogP contribution is -2.35. The molecule has 2 heterocycles. The number of anilines is 1. The predicted molar refractivity (Wildman–Crippen MR) is 84.9 cm³/mol. The van der Waals surface area contributed by atoms with Crippen LogP contribution in [0.1, 0.15) is 35.9 Å². The third-order valence-corrected chi connectivity index (χ3v) is 5.43. The highest BCUT2D eigenvalue weighted by Crippen LogP contribution is 2.20. The van der Waals surface area contributed by atoms with E-state index in [9.17, 15) is 13.2 Å². The highest BCUT2D eigenvalue weighted by atomic mass is 32.2. The molecule has 8 heteroatoms. The van der Waals surface area contributed by atoms with Crippen molar-refractivity contribution in [2.45, 2.75) is 32.7 Å². The van der Waals surface area contributed by atoms with E-state index in [-0.39, 0.29) is 23.5 Å². The summed E-state index contributed by atoms with van der Waals surface area (Å²) in [5, 5.41) is 2.78. The molecule has 1 amide bonds. The molecule has 1 aliphatic heterocycles. The molecule has 1 aliphatic rings. The van der Waals surface area contributed by atoms with Crippen molar-refractivity contribution in [3.05, 3.63) is 17.5 Å². The lowest BCUT2D eigenvalue weighted by Gasteiger charge is -2.23. The van der Waals surface area contributed by atoms with Crippen LogP contribution in [-0.2, 0) is 9.84 Å². The fourth-order valence-corrected chi connectivity index (χ4v) is 4.17. The van der Waals surface area contributed by atoms with Gasteiger partial charge in [0.25, 0.3) is 5.91 Å². The first-order valence-electron chi connectivity index (χ1n) is 7.39. The zero-order valence-corrected chi connectivity index (χ0v) is 14.0. The molecule has 1 N–H and O–H groups in total. The van der Waals surface area contributed by atoms with E-state index >= 15 is 0 Å². The number of hydrogen-bond donors (Lipinski definition) is 1. The molecule has 0 spiro atoms. The van der Waals surface area contributed by atoms with Crippen molar-refractivity contribution >= 4 is 21.7 Å². The largest absolute Gasteiger partial charge is 0.351 e. The minimum absolute atomic E-state index is 0.109. The highest BCUT2D eigenvalue weighted by Gasteiger charge is 2.32. The van der Waals surface area contributed by atoms with Gasteiger partial charge in [-0.3, -0.25) is 4.79 Å². The highest BCUT2D eigenvalue weighted by molar-refractivity contribution is 7.91. The van der Waals surface area contributed by atoms with E-state index in [1.807, 2.05) is 6.92 Å². The monoisotopic (exact) mass is 326 g/mol. The van der Waals surface area contributed by atoms with E-state index in [1.54, 1.807) is 24.9 Å². The summed E-state index contributed by atoms with van der Waals surface area (Å²) >= 11 is 0. The number of aromatic nitrogens is 2. The first kappa shape index (κ1) is 16.7. The number of rotatable bonds is 5. The van der Waals surface area contributed by atoms with Gasteiger partial charge >= 0.3 is 0 Å². The van der Waals surface area contributed by atoms with E-state index in [0.29, 0.717) is 30.3 Å². The Hall–Kier alpha value is -1.70. The minimum Gasteiger partial charge on any atom is -0.351 e. The quantitative estimate of drug-likeness (QED) is 0.849. The zero-order valence-electron chi connectivity index (χ0n) is 13.2. The summed E-state index contributed by atoms with van der Waals surface area (Å²) in [6.07, 6.45) is 1.41. The summed E-state index contributed by atoms with van der Waals surface area (Å²) in [4.78, 5) is 22.4. The third kappa shape index (κ3) is 3.94. The average molecular weight is 326 g/mol. The average Bonchev–Trinajstić information content (AvgIpc) is 2.83. The molecule has 0 aliphatic carbocycles. The molecule has 1 atom stereocenters. The molecule has 1 fully saturated rings. The van der Waals surface area contributed by atoms with Gasteiger partial charge in [-0.15, -0.1) is 0 Å². The van der Waals surface area contributed by atoms with Crippen molar-refractivity contribution in [2.75, 3.05) is 30.0 Å². The van der Waals surface area contributed by atoms with E-state index < -0.39 is 9.84 Å². The molecular formula is C14H22N4O3S. The maximum atomic E-state index is 12.0.